The smallest absolute Gasteiger partial charge is 0.278 e. The highest BCUT2D eigenvalue weighted by atomic mass is 127. The minimum Gasteiger partial charge on any atom is -0.335 e. The molecule has 0 N–H and O–H groups in total. The average molecular weight is 303 g/mol. The Bertz CT molecular complexity index is 186. The van der Waals surface area contributed by atoms with Crippen molar-refractivity contribution >= 4 is 34.4 Å². The van der Waals surface area contributed by atoms with E-state index in [4.69, 9.17) is 9.36 Å². The highest BCUT2D eigenvalue weighted by Gasteiger charge is 2.53. The zero-order valence-electron chi connectivity index (χ0n) is 6.96. The molecule has 1 fully saturated rings. The van der Waals surface area contributed by atoms with E-state index in [1.165, 1.54) is 12.2 Å². The molecular formula is C6H11INO3P. The maximum Gasteiger partial charge on any atom is 0.278 e. The second-order valence-corrected chi connectivity index (χ2v) is 4.34. The minimum absolute atomic E-state index is 0.0748. The molecule has 0 radical (unpaired) electrons. The summed E-state index contributed by atoms with van der Waals surface area (Å²) in [6, 6.07) is 0. The number of amides is 1. The summed E-state index contributed by atoms with van der Waals surface area (Å²) in [5.41, 5.74) is -0.551. The summed E-state index contributed by atoms with van der Waals surface area (Å²) >= 11 is 2.12. The lowest BCUT2D eigenvalue weighted by Crippen LogP contribution is -2.37. The highest BCUT2D eigenvalue weighted by Crippen LogP contribution is 2.47. The van der Waals surface area contributed by atoms with Gasteiger partial charge in [-0.15, -0.1) is 0 Å². The molecule has 0 spiro atoms. The van der Waals surface area contributed by atoms with Crippen LogP contribution >= 0.6 is 28.5 Å². The van der Waals surface area contributed by atoms with Crippen molar-refractivity contribution < 1.29 is 14.2 Å². The van der Waals surface area contributed by atoms with Gasteiger partial charge in [-0.2, -0.15) is 0 Å². The molecule has 1 aliphatic carbocycles. The Morgan fingerprint density at radius 1 is 1.67 bits per heavy atom. The molecule has 1 saturated carbocycles. The molecule has 0 aromatic heterocycles. The van der Waals surface area contributed by atoms with E-state index in [-0.39, 0.29) is 5.91 Å². The van der Waals surface area contributed by atoms with Crippen molar-refractivity contribution in [3.8, 4) is 0 Å². The van der Waals surface area contributed by atoms with Gasteiger partial charge in [-0.3, -0.25) is 9.63 Å². The lowest BCUT2D eigenvalue weighted by atomic mass is 10.3. The van der Waals surface area contributed by atoms with Crippen molar-refractivity contribution in [3.05, 3.63) is 0 Å². The standard InChI is InChI=1S/C6H11INO3P/c1-8(10-2)5(9)6(3-4-6)11-12-7/h12H,3-4H2,1-2H3. The number of rotatable bonds is 4. The fourth-order valence-electron chi connectivity index (χ4n) is 0.917. The third-order valence-corrected chi connectivity index (χ3v) is 3.02. The average Bonchev–Trinajstić information content (AvgIpc) is 2.84. The molecule has 70 valence electrons. The van der Waals surface area contributed by atoms with E-state index in [9.17, 15) is 4.79 Å². The van der Waals surface area contributed by atoms with Gasteiger partial charge in [0.1, 0.15) is 0 Å². The van der Waals surface area contributed by atoms with Gasteiger partial charge in [0.25, 0.3) is 5.91 Å². The van der Waals surface area contributed by atoms with Gasteiger partial charge in [0.2, 0.25) is 0 Å². The third kappa shape index (κ3) is 2.07. The molecule has 1 rings (SSSR count). The molecule has 0 aromatic rings. The van der Waals surface area contributed by atoms with E-state index in [1.54, 1.807) is 7.05 Å². The maximum absolute atomic E-state index is 11.5. The zero-order chi connectivity index (χ0) is 9.19. The molecule has 6 heteroatoms. The molecule has 4 nitrogen and oxygen atoms in total. The van der Waals surface area contributed by atoms with E-state index >= 15 is 0 Å². The van der Waals surface area contributed by atoms with Gasteiger partial charge >= 0.3 is 0 Å². The predicted octanol–water partition coefficient (Wildman–Crippen LogP) is 1.50. The summed E-state index contributed by atoms with van der Waals surface area (Å²) in [7, 11) is 3.07. The predicted molar refractivity (Wildman–Crippen MR) is 55.2 cm³/mol. The van der Waals surface area contributed by atoms with Crippen LogP contribution in [-0.2, 0) is 14.2 Å². The van der Waals surface area contributed by atoms with Crippen molar-refractivity contribution in [2.24, 2.45) is 0 Å². The van der Waals surface area contributed by atoms with Crippen LogP contribution in [0, 0.1) is 0 Å². The summed E-state index contributed by atoms with van der Waals surface area (Å²) in [5, 5.41) is 1.23. The Kier molecular flexibility index (Phi) is 3.70. The summed E-state index contributed by atoms with van der Waals surface area (Å²) in [6.45, 7) is 0.326. The van der Waals surface area contributed by atoms with Crippen LogP contribution in [0.2, 0.25) is 0 Å². The molecule has 0 heterocycles. The first-order valence-corrected chi connectivity index (χ1v) is 7.54. The Morgan fingerprint density at radius 3 is 2.58 bits per heavy atom. The Labute approximate surface area is 86.3 Å². The molecule has 0 aliphatic heterocycles. The van der Waals surface area contributed by atoms with Crippen molar-refractivity contribution in [2.45, 2.75) is 18.4 Å². The van der Waals surface area contributed by atoms with Crippen LogP contribution in [0.15, 0.2) is 0 Å². The van der Waals surface area contributed by atoms with Crippen LogP contribution in [0.5, 0.6) is 0 Å². The van der Waals surface area contributed by atoms with Crippen LogP contribution in [-0.4, -0.2) is 30.7 Å². The molecular weight excluding hydrogens is 292 g/mol. The molecule has 0 bridgehead atoms. The first-order chi connectivity index (χ1) is 5.66. The number of carbonyl (C=O) groups is 1. The van der Waals surface area contributed by atoms with E-state index in [1.807, 2.05) is 0 Å². The molecule has 1 unspecified atom stereocenters. The number of nitrogens with zero attached hydrogens (tertiary/aromatic N) is 1. The first-order valence-electron chi connectivity index (χ1n) is 3.52. The van der Waals surface area contributed by atoms with Crippen LogP contribution in [0.25, 0.3) is 0 Å². The fourth-order valence-corrected chi connectivity index (χ4v) is 2.62. The van der Waals surface area contributed by atoms with Crippen molar-refractivity contribution in [1.82, 2.24) is 5.06 Å². The Hall–Kier alpha value is 0.550. The van der Waals surface area contributed by atoms with Gasteiger partial charge < -0.3 is 4.52 Å². The summed E-state index contributed by atoms with van der Waals surface area (Å²) in [5.74, 6) is -0.0748. The van der Waals surface area contributed by atoms with Gasteiger partial charge in [-0.1, -0.05) is 0 Å². The van der Waals surface area contributed by atoms with E-state index < -0.39 is 5.60 Å². The number of hydrogen-bond donors (Lipinski definition) is 0. The molecule has 0 aromatic carbocycles. The van der Waals surface area contributed by atoms with Crippen molar-refractivity contribution in [1.29, 1.82) is 0 Å². The number of carbonyl (C=O) groups excluding carboxylic acids is 1. The lowest BCUT2D eigenvalue weighted by Gasteiger charge is -2.20. The molecule has 1 atom stereocenters. The number of hydroxylamine groups is 2. The Balaban J connectivity index is 2.51. The van der Waals surface area contributed by atoms with Crippen LogP contribution < -0.4 is 0 Å². The second-order valence-electron chi connectivity index (χ2n) is 2.66. The molecule has 12 heavy (non-hydrogen) atoms. The molecule has 1 aliphatic rings. The maximum atomic E-state index is 11.5. The highest BCUT2D eigenvalue weighted by molar-refractivity contribution is 14.2. The SMILES string of the molecule is CON(C)C(=O)C1(OPI)CC1. The van der Waals surface area contributed by atoms with Gasteiger partial charge in [0.15, 0.2) is 5.60 Å². The summed E-state index contributed by atoms with van der Waals surface area (Å²) < 4.78 is 5.37. The van der Waals surface area contributed by atoms with Crippen molar-refractivity contribution in [2.75, 3.05) is 14.2 Å². The number of hydrogen-bond acceptors (Lipinski definition) is 3. The lowest BCUT2D eigenvalue weighted by molar-refractivity contribution is -0.178. The van der Waals surface area contributed by atoms with Gasteiger partial charge in [0, 0.05) is 7.05 Å². The van der Waals surface area contributed by atoms with Crippen LogP contribution in [0.1, 0.15) is 12.8 Å². The number of halogens is 1. The normalized spacial score (nSPS) is 19.9. The van der Waals surface area contributed by atoms with Crippen LogP contribution in [0.4, 0.5) is 0 Å². The summed E-state index contributed by atoms with van der Waals surface area (Å²) in [6.07, 6.45) is 1.63. The largest absolute Gasteiger partial charge is 0.335 e. The van der Waals surface area contributed by atoms with E-state index in [0.29, 0.717) is 6.45 Å². The van der Waals surface area contributed by atoms with Gasteiger partial charge in [-0.25, -0.2) is 5.06 Å². The fraction of sp³-hybridized carbons (Fsp3) is 0.833. The zero-order valence-corrected chi connectivity index (χ0v) is 10.1. The monoisotopic (exact) mass is 303 g/mol. The molecule has 1 amide bonds. The van der Waals surface area contributed by atoms with Crippen molar-refractivity contribution in [3.63, 3.8) is 0 Å². The van der Waals surface area contributed by atoms with E-state index in [2.05, 4.69) is 22.0 Å². The summed E-state index contributed by atoms with van der Waals surface area (Å²) in [4.78, 5) is 16.3. The second kappa shape index (κ2) is 4.17. The van der Waals surface area contributed by atoms with Gasteiger partial charge in [-0.05, 0) is 34.9 Å². The molecule has 0 saturated heterocycles. The van der Waals surface area contributed by atoms with Gasteiger partial charge in [0.05, 0.1) is 13.6 Å². The minimum atomic E-state index is -0.551. The third-order valence-electron chi connectivity index (χ3n) is 1.89. The Morgan fingerprint density at radius 2 is 2.25 bits per heavy atom. The topological polar surface area (TPSA) is 38.8 Å². The number of likely N-dealkylation sites (N-methyl/N-ethyl adjacent to an activating group) is 1. The van der Waals surface area contributed by atoms with Crippen LogP contribution in [0.3, 0.4) is 0 Å². The van der Waals surface area contributed by atoms with E-state index in [0.717, 1.165) is 12.8 Å². The first kappa shape index (κ1) is 10.6. The quantitative estimate of drug-likeness (QED) is 0.449.